The van der Waals surface area contributed by atoms with E-state index in [1.165, 1.54) is 6.42 Å². The quantitative estimate of drug-likeness (QED) is 0.887. The number of hydrogen-bond donors (Lipinski definition) is 2. The summed E-state index contributed by atoms with van der Waals surface area (Å²) in [7, 11) is 0. The first kappa shape index (κ1) is 14.4. The average molecular weight is 289 g/mol. The zero-order valence-electron chi connectivity index (χ0n) is 12.7. The minimum atomic E-state index is -1.02. The smallest absolute Gasteiger partial charge is 0.257 e. The molecular formula is C16H23N3O2. The van der Waals surface area contributed by atoms with Gasteiger partial charge in [-0.1, -0.05) is 13.0 Å². The van der Waals surface area contributed by atoms with Gasteiger partial charge in [0.2, 0.25) is 0 Å². The van der Waals surface area contributed by atoms with Crippen LogP contribution in [-0.4, -0.2) is 48.1 Å². The summed E-state index contributed by atoms with van der Waals surface area (Å²) < 4.78 is 0. The van der Waals surface area contributed by atoms with Crippen LogP contribution in [0.1, 0.15) is 31.9 Å². The van der Waals surface area contributed by atoms with Crippen LogP contribution < -0.4 is 10.2 Å². The van der Waals surface area contributed by atoms with E-state index in [9.17, 15) is 9.90 Å². The molecule has 1 fully saturated rings. The molecule has 2 unspecified atom stereocenters. The van der Waals surface area contributed by atoms with Crippen LogP contribution in [-0.2, 0) is 4.79 Å². The van der Waals surface area contributed by atoms with Crippen LogP contribution in [0.25, 0.3) is 0 Å². The highest BCUT2D eigenvalue weighted by molar-refractivity contribution is 6.02. The van der Waals surface area contributed by atoms with Crippen molar-refractivity contribution in [3.63, 3.8) is 0 Å². The summed E-state index contributed by atoms with van der Waals surface area (Å²) in [5.74, 6) is -0.330. The zero-order valence-corrected chi connectivity index (χ0v) is 12.7. The molecule has 1 amide bonds. The summed E-state index contributed by atoms with van der Waals surface area (Å²) in [5, 5.41) is 12.5. The second-order valence-corrected chi connectivity index (χ2v) is 5.94. The van der Waals surface area contributed by atoms with Gasteiger partial charge >= 0.3 is 0 Å². The second kappa shape index (κ2) is 5.66. The first-order chi connectivity index (χ1) is 10.1. The number of anilines is 2. The Morgan fingerprint density at radius 2 is 2.05 bits per heavy atom. The van der Waals surface area contributed by atoms with Gasteiger partial charge in [0.05, 0.1) is 0 Å². The molecule has 0 spiro atoms. The molecule has 1 saturated heterocycles. The van der Waals surface area contributed by atoms with Crippen LogP contribution in [0.3, 0.4) is 0 Å². The van der Waals surface area contributed by atoms with Crippen LogP contribution in [0.2, 0.25) is 0 Å². The number of aliphatic hydroxyl groups excluding tert-OH is 1. The Labute approximate surface area is 125 Å². The number of benzene rings is 1. The van der Waals surface area contributed by atoms with Crippen LogP contribution in [0.15, 0.2) is 18.2 Å². The Hall–Kier alpha value is -1.59. The molecule has 0 bridgehead atoms. The molecule has 2 atom stereocenters. The third-order valence-electron chi connectivity index (χ3n) is 4.73. The van der Waals surface area contributed by atoms with Crippen molar-refractivity contribution in [3.8, 4) is 0 Å². The Balaban J connectivity index is 1.70. The summed E-state index contributed by atoms with van der Waals surface area (Å²) in [6, 6.07) is 6.47. The monoisotopic (exact) mass is 289 g/mol. The number of carbonyl (C=O) groups is 1. The summed E-state index contributed by atoms with van der Waals surface area (Å²) in [6.07, 6.45) is 0.166. The minimum Gasteiger partial charge on any atom is -0.378 e. The van der Waals surface area contributed by atoms with Crippen molar-refractivity contribution < 1.29 is 9.90 Å². The van der Waals surface area contributed by atoms with Crippen molar-refractivity contribution in [2.24, 2.45) is 0 Å². The van der Waals surface area contributed by atoms with E-state index in [1.807, 2.05) is 18.2 Å². The molecule has 2 aliphatic heterocycles. The first-order valence-electron chi connectivity index (χ1n) is 7.72. The highest BCUT2D eigenvalue weighted by Gasteiger charge is 2.29. The van der Waals surface area contributed by atoms with E-state index in [2.05, 4.69) is 29.0 Å². The van der Waals surface area contributed by atoms with Gasteiger partial charge in [-0.3, -0.25) is 9.69 Å². The van der Waals surface area contributed by atoms with E-state index in [-0.39, 0.29) is 5.91 Å². The SMILES string of the molecule is CCC(C)N1CCN(c2ccc3c(c2)NC(=O)C3O)CC1. The van der Waals surface area contributed by atoms with Gasteiger partial charge in [-0.25, -0.2) is 0 Å². The third-order valence-corrected chi connectivity index (χ3v) is 4.73. The maximum Gasteiger partial charge on any atom is 0.257 e. The van der Waals surface area contributed by atoms with Gasteiger partial charge in [-0.2, -0.15) is 0 Å². The Bertz CT molecular complexity index is 538. The Morgan fingerprint density at radius 3 is 2.71 bits per heavy atom. The Kier molecular flexibility index (Phi) is 3.87. The molecule has 1 aromatic rings. The van der Waals surface area contributed by atoms with Gasteiger partial charge in [0, 0.05) is 49.2 Å². The number of nitrogens with one attached hydrogen (secondary N) is 1. The van der Waals surface area contributed by atoms with Gasteiger partial charge in [0.1, 0.15) is 0 Å². The fraction of sp³-hybridized carbons (Fsp3) is 0.562. The van der Waals surface area contributed by atoms with Gasteiger partial charge < -0.3 is 15.3 Å². The van der Waals surface area contributed by atoms with Crippen molar-refractivity contribution in [1.82, 2.24) is 4.90 Å². The number of hydrogen-bond acceptors (Lipinski definition) is 4. The minimum absolute atomic E-state index is 0.330. The molecule has 0 aliphatic carbocycles. The number of piperazine rings is 1. The molecule has 2 heterocycles. The van der Waals surface area contributed by atoms with Gasteiger partial charge in [-0.05, 0) is 25.5 Å². The lowest BCUT2D eigenvalue weighted by Gasteiger charge is -2.39. The van der Waals surface area contributed by atoms with Gasteiger partial charge in [-0.15, -0.1) is 0 Å². The topological polar surface area (TPSA) is 55.8 Å². The van der Waals surface area contributed by atoms with E-state index in [0.29, 0.717) is 11.6 Å². The lowest BCUT2D eigenvalue weighted by atomic mass is 10.1. The molecular weight excluding hydrogens is 266 g/mol. The first-order valence-corrected chi connectivity index (χ1v) is 7.72. The summed E-state index contributed by atoms with van der Waals surface area (Å²) >= 11 is 0. The standard InChI is InChI=1S/C16H23N3O2/c1-3-11(2)18-6-8-19(9-7-18)12-4-5-13-14(10-12)17-16(21)15(13)20/h4-5,10-11,15,20H,3,6-9H2,1-2H3,(H,17,21). The molecule has 0 aromatic heterocycles. The number of carbonyl (C=O) groups excluding carboxylic acids is 1. The molecule has 3 rings (SSSR count). The molecule has 0 saturated carbocycles. The van der Waals surface area contributed by atoms with Gasteiger partial charge in [0.25, 0.3) is 5.91 Å². The fourth-order valence-corrected chi connectivity index (χ4v) is 3.11. The van der Waals surface area contributed by atoms with Crippen molar-refractivity contribution >= 4 is 17.3 Å². The summed E-state index contributed by atoms with van der Waals surface area (Å²) in [4.78, 5) is 16.4. The van der Waals surface area contributed by atoms with Crippen molar-refractivity contribution in [3.05, 3.63) is 23.8 Å². The maximum absolute atomic E-state index is 11.5. The van der Waals surface area contributed by atoms with Crippen LogP contribution >= 0.6 is 0 Å². The van der Waals surface area contributed by atoms with Gasteiger partial charge in [0.15, 0.2) is 6.10 Å². The molecule has 0 radical (unpaired) electrons. The second-order valence-electron chi connectivity index (χ2n) is 5.94. The normalized spacial score (nSPS) is 23.9. The van der Waals surface area contributed by atoms with Crippen LogP contribution in [0.4, 0.5) is 11.4 Å². The highest BCUT2D eigenvalue weighted by Crippen LogP contribution is 2.34. The van der Waals surface area contributed by atoms with E-state index >= 15 is 0 Å². The van der Waals surface area contributed by atoms with Crippen molar-refractivity contribution in [2.45, 2.75) is 32.4 Å². The highest BCUT2D eigenvalue weighted by atomic mass is 16.3. The summed E-state index contributed by atoms with van der Waals surface area (Å²) in [5.41, 5.74) is 2.54. The molecule has 21 heavy (non-hydrogen) atoms. The lowest BCUT2D eigenvalue weighted by Crippen LogP contribution is -2.49. The fourth-order valence-electron chi connectivity index (χ4n) is 3.11. The number of nitrogens with zero attached hydrogens (tertiary/aromatic N) is 2. The molecule has 5 nitrogen and oxygen atoms in total. The molecule has 1 aromatic carbocycles. The predicted molar refractivity (Wildman–Crippen MR) is 83.6 cm³/mol. The number of aliphatic hydroxyl groups is 1. The molecule has 2 N–H and O–H groups in total. The van der Waals surface area contributed by atoms with E-state index in [4.69, 9.17) is 0 Å². The van der Waals surface area contributed by atoms with E-state index < -0.39 is 6.10 Å². The predicted octanol–water partition coefficient (Wildman–Crippen LogP) is 1.59. The van der Waals surface area contributed by atoms with E-state index in [0.717, 1.165) is 37.6 Å². The van der Waals surface area contributed by atoms with E-state index in [1.54, 1.807) is 0 Å². The largest absolute Gasteiger partial charge is 0.378 e. The van der Waals surface area contributed by atoms with Crippen molar-refractivity contribution in [2.75, 3.05) is 36.4 Å². The Morgan fingerprint density at radius 1 is 1.33 bits per heavy atom. The molecule has 2 aliphatic rings. The maximum atomic E-state index is 11.5. The average Bonchev–Trinajstić information content (AvgIpc) is 2.81. The third kappa shape index (κ3) is 2.63. The lowest BCUT2D eigenvalue weighted by molar-refractivity contribution is -0.123. The molecule has 5 heteroatoms. The van der Waals surface area contributed by atoms with Crippen molar-refractivity contribution in [1.29, 1.82) is 0 Å². The zero-order chi connectivity index (χ0) is 15.0. The number of amides is 1. The number of rotatable bonds is 3. The molecule has 114 valence electrons. The summed E-state index contributed by atoms with van der Waals surface area (Å²) in [6.45, 7) is 8.65. The number of fused-ring (bicyclic) bond motifs is 1. The van der Waals surface area contributed by atoms with Crippen LogP contribution in [0.5, 0.6) is 0 Å². The van der Waals surface area contributed by atoms with Crippen LogP contribution in [0, 0.1) is 0 Å².